The highest BCUT2D eigenvalue weighted by Crippen LogP contribution is 2.24. The fourth-order valence-electron chi connectivity index (χ4n) is 5.47. The van der Waals surface area contributed by atoms with Crippen LogP contribution in [0.2, 0.25) is 0 Å². The minimum atomic E-state index is 0.765. The molecule has 3 fully saturated rings. The summed E-state index contributed by atoms with van der Waals surface area (Å²) in [6, 6.07) is 9.78. The molecule has 7 nitrogen and oxygen atoms in total. The Morgan fingerprint density at radius 2 is 1.58 bits per heavy atom. The van der Waals surface area contributed by atoms with Crippen LogP contribution in [0.15, 0.2) is 36.7 Å². The molecule has 0 aliphatic carbocycles. The number of aryl methyl sites for hydroxylation is 1. The molecule has 0 spiro atoms. The summed E-state index contributed by atoms with van der Waals surface area (Å²) >= 11 is 0. The third-order valence-corrected chi connectivity index (χ3v) is 7.68. The summed E-state index contributed by atoms with van der Waals surface area (Å²) in [5.74, 6) is 0. The Morgan fingerprint density at radius 3 is 2.30 bits per heavy atom. The number of hydrogen-bond acceptors (Lipinski definition) is 6. The molecule has 0 radical (unpaired) electrons. The smallest absolute Gasteiger partial charge is 0.0594 e. The standard InChI is InChI=1S/C26H40N6O/c1-28-13-15-30(16-14-28)25-5-3-23(4-6-25)24-21-27-32(22-24)10-2-9-29-11-7-26(8-12-29)31-17-19-33-20-18-31/h3-6,21-22,26H,2,7-20H2,1H3. The van der Waals surface area contributed by atoms with Gasteiger partial charge in [-0.2, -0.15) is 5.10 Å². The van der Waals surface area contributed by atoms with Crippen molar-refractivity contribution in [2.45, 2.75) is 31.8 Å². The van der Waals surface area contributed by atoms with E-state index >= 15 is 0 Å². The quantitative estimate of drug-likeness (QED) is 0.643. The Labute approximate surface area is 198 Å². The molecule has 7 heteroatoms. The van der Waals surface area contributed by atoms with E-state index in [1.165, 1.54) is 49.3 Å². The molecule has 3 aliphatic heterocycles. The lowest BCUT2D eigenvalue weighted by molar-refractivity contribution is 0.000758. The Balaban J connectivity index is 1.05. The van der Waals surface area contributed by atoms with E-state index in [4.69, 9.17) is 4.74 Å². The van der Waals surface area contributed by atoms with E-state index in [0.29, 0.717) is 0 Å². The van der Waals surface area contributed by atoms with Gasteiger partial charge in [0.15, 0.2) is 0 Å². The van der Waals surface area contributed by atoms with Gasteiger partial charge >= 0.3 is 0 Å². The van der Waals surface area contributed by atoms with Crippen LogP contribution in [0.4, 0.5) is 5.69 Å². The second-order valence-corrected chi connectivity index (χ2v) is 9.90. The van der Waals surface area contributed by atoms with E-state index < -0.39 is 0 Å². The largest absolute Gasteiger partial charge is 0.379 e. The molecule has 1 aromatic heterocycles. The molecule has 0 amide bonds. The zero-order chi connectivity index (χ0) is 22.5. The summed E-state index contributed by atoms with van der Waals surface area (Å²) < 4.78 is 7.62. The van der Waals surface area contributed by atoms with Crippen molar-refractivity contribution >= 4 is 5.69 Å². The fourth-order valence-corrected chi connectivity index (χ4v) is 5.47. The first-order chi connectivity index (χ1) is 16.2. The van der Waals surface area contributed by atoms with Gasteiger partial charge in [0.05, 0.1) is 19.4 Å². The highest BCUT2D eigenvalue weighted by Gasteiger charge is 2.25. The number of ether oxygens (including phenoxy) is 1. The van der Waals surface area contributed by atoms with Crippen molar-refractivity contribution in [3.63, 3.8) is 0 Å². The molecule has 0 atom stereocenters. The summed E-state index contributed by atoms with van der Waals surface area (Å²) in [5, 5.41) is 4.63. The third kappa shape index (κ3) is 5.96. The van der Waals surface area contributed by atoms with Gasteiger partial charge in [-0.15, -0.1) is 0 Å². The molecule has 1 aromatic carbocycles. The molecule has 0 N–H and O–H groups in total. The summed E-state index contributed by atoms with van der Waals surface area (Å²) in [6.45, 7) is 13.2. The molecule has 0 saturated carbocycles. The van der Waals surface area contributed by atoms with Crippen molar-refractivity contribution in [1.82, 2.24) is 24.5 Å². The maximum absolute atomic E-state index is 5.51. The van der Waals surface area contributed by atoms with Crippen molar-refractivity contribution in [2.75, 3.05) is 84.1 Å². The summed E-state index contributed by atoms with van der Waals surface area (Å²) in [4.78, 5) is 10.2. The Hall–Kier alpha value is -1.93. The number of likely N-dealkylation sites (tertiary alicyclic amines) is 1. The van der Waals surface area contributed by atoms with Crippen LogP contribution < -0.4 is 4.90 Å². The van der Waals surface area contributed by atoms with Crippen LogP contribution in [0.25, 0.3) is 11.1 Å². The zero-order valence-corrected chi connectivity index (χ0v) is 20.2. The Morgan fingerprint density at radius 1 is 0.848 bits per heavy atom. The monoisotopic (exact) mass is 452 g/mol. The van der Waals surface area contributed by atoms with Crippen LogP contribution in [0, 0.1) is 0 Å². The number of piperidine rings is 1. The van der Waals surface area contributed by atoms with Crippen LogP contribution in [-0.4, -0.2) is 110 Å². The molecule has 4 heterocycles. The van der Waals surface area contributed by atoms with Gasteiger partial charge in [0.2, 0.25) is 0 Å². The minimum Gasteiger partial charge on any atom is -0.379 e. The number of benzene rings is 1. The highest BCUT2D eigenvalue weighted by atomic mass is 16.5. The van der Waals surface area contributed by atoms with Crippen LogP contribution in [0.5, 0.6) is 0 Å². The molecule has 0 unspecified atom stereocenters. The number of hydrogen-bond donors (Lipinski definition) is 0. The molecule has 180 valence electrons. The molecule has 0 bridgehead atoms. The van der Waals surface area contributed by atoms with Gasteiger partial charge in [0.1, 0.15) is 0 Å². The van der Waals surface area contributed by atoms with E-state index in [9.17, 15) is 0 Å². The first kappa shape index (κ1) is 22.8. The number of anilines is 1. The normalized spacial score (nSPS) is 22.2. The number of morpholine rings is 1. The van der Waals surface area contributed by atoms with Gasteiger partial charge in [-0.25, -0.2) is 0 Å². The molecular weight excluding hydrogens is 412 g/mol. The van der Waals surface area contributed by atoms with Crippen molar-refractivity contribution < 1.29 is 4.74 Å². The van der Waals surface area contributed by atoms with Crippen LogP contribution in [-0.2, 0) is 11.3 Å². The first-order valence-electron chi connectivity index (χ1n) is 12.9. The molecule has 2 aromatic rings. The highest BCUT2D eigenvalue weighted by molar-refractivity contribution is 5.65. The average Bonchev–Trinajstić information content (AvgIpc) is 3.35. The maximum atomic E-state index is 5.51. The number of nitrogens with zero attached hydrogens (tertiary/aromatic N) is 6. The van der Waals surface area contributed by atoms with E-state index in [2.05, 4.69) is 66.9 Å². The number of rotatable bonds is 7. The third-order valence-electron chi connectivity index (χ3n) is 7.68. The SMILES string of the molecule is CN1CCN(c2ccc(-c3cnn(CCCN4CCC(N5CCOCC5)CC4)c3)cc2)CC1. The van der Waals surface area contributed by atoms with E-state index in [-0.39, 0.29) is 0 Å². The second-order valence-electron chi connectivity index (χ2n) is 9.90. The maximum Gasteiger partial charge on any atom is 0.0594 e. The van der Waals surface area contributed by atoms with Gasteiger partial charge in [0.25, 0.3) is 0 Å². The predicted octanol–water partition coefficient (Wildman–Crippen LogP) is 2.49. The summed E-state index contributed by atoms with van der Waals surface area (Å²) in [7, 11) is 2.20. The molecule has 5 rings (SSSR count). The molecule has 33 heavy (non-hydrogen) atoms. The molecule has 3 aliphatic rings. The van der Waals surface area contributed by atoms with Gasteiger partial charge < -0.3 is 19.4 Å². The Kier molecular flexibility index (Phi) is 7.61. The van der Waals surface area contributed by atoms with Gasteiger partial charge in [-0.1, -0.05) is 12.1 Å². The van der Waals surface area contributed by atoms with Gasteiger partial charge in [0, 0.05) is 69.3 Å². The lowest BCUT2D eigenvalue weighted by atomic mass is 10.0. The second kappa shape index (κ2) is 11.0. The Bertz CT molecular complexity index is 846. The topological polar surface area (TPSA) is 40.0 Å². The summed E-state index contributed by atoms with van der Waals surface area (Å²) in [5.41, 5.74) is 3.80. The zero-order valence-electron chi connectivity index (χ0n) is 20.2. The molecular formula is C26H40N6O. The van der Waals surface area contributed by atoms with Crippen molar-refractivity contribution in [3.05, 3.63) is 36.7 Å². The van der Waals surface area contributed by atoms with Crippen molar-refractivity contribution in [2.24, 2.45) is 0 Å². The van der Waals surface area contributed by atoms with Gasteiger partial charge in [-0.3, -0.25) is 9.58 Å². The minimum absolute atomic E-state index is 0.765. The number of aromatic nitrogens is 2. The average molecular weight is 453 g/mol. The van der Waals surface area contributed by atoms with E-state index in [1.807, 2.05) is 6.20 Å². The fraction of sp³-hybridized carbons (Fsp3) is 0.654. The lowest BCUT2D eigenvalue weighted by Gasteiger charge is -2.40. The molecule has 3 saturated heterocycles. The lowest BCUT2D eigenvalue weighted by Crippen LogP contribution is -2.49. The van der Waals surface area contributed by atoms with Crippen molar-refractivity contribution in [1.29, 1.82) is 0 Å². The summed E-state index contributed by atoms with van der Waals surface area (Å²) in [6.07, 6.45) is 7.98. The first-order valence-corrected chi connectivity index (χ1v) is 12.9. The van der Waals surface area contributed by atoms with Crippen molar-refractivity contribution in [3.8, 4) is 11.1 Å². The predicted molar refractivity (Wildman–Crippen MR) is 134 cm³/mol. The van der Waals surface area contributed by atoms with E-state index in [0.717, 1.165) is 71.5 Å². The number of likely N-dealkylation sites (N-methyl/N-ethyl adjacent to an activating group) is 1. The van der Waals surface area contributed by atoms with Gasteiger partial charge in [-0.05, 0) is 63.6 Å². The van der Waals surface area contributed by atoms with Crippen LogP contribution in [0.3, 0.4) is 0 Å². The van der Waals surface area contributed by atoms with Crippen LogP contribution in [0.1, 0.15) is 19.3 Å². The van der Waals surface area contributed by atoms with E-state index in [1.54, 1.807) is 0 Å². The van der Waals surface area contributed by atoms with Crippen LogP contribution >= 0.6 is 0 Å². The number of piperazine rings is 1.